The van der Waals surface area contributed by atoms with Crippen LogP contribution in [0.4, 0.5) is 4.79 Å². The molecule has 1 aromatic carbocycles. The molecule has 0 radical (unpaired) electrons. The summed E-state index contributed by atoms with van der Waals surface area (Å²) >= 11 is 0. The second kappa shape index (κ2) is 10.3. The Balaban J connectivity index is 1.87. The molecule has 0 spiro atoms. The van der Waals surface area contributed by atoms with E-state index in [9.17, 15) is 19.2 Å². The van der Waals surface area contributed by atoms with Crippen LogP contribution in [0.2, 0.25) is 0 Å². The van der Waals surface area contributed by atoms with Crippen LogP contribution < -0.4 is 10.6 Å². The van der Waals surface area contributed by atoms with Gasteiger partial charge in [0.25, 0.3) is 0 Å². The van der Waals surface area contributed by atoms with Gasteiger partial charge in [-0.15, -0.1) is 0 Å². The highest BCUT2D eigenvalue weighted by atomic mass is 16.5. The van der Waals surface area contributed by atoms with Crippen molar-refractivity contribution in [1.82, 2.24) is 10.6 Å². The fourth-order valence-corrected chi connectivity index (χ4v) is 4.65. The number of ether oxygens (including phenoxy) is 3. The van der Waals surface area contributed by atoms with Gasteiger partial charge in [0.15, 0.2) is 6.04 Å². The van der Waals surface area contributed by atoms with Crippen molar-refractivity contribution in [1.29, 1.82) is 0 Å². The molecule has 2 aliphatic carbocycles. The summed E-state index contributed by atoms with van der Waals surface area (Å²) < 4.78 is 15.1. The summed E-state index contributed by atoms with van der Waals surface area (Å²) in [5, 5.41) is 5.39. The minimum Gasteiger partial charge on any atom is -0.467 e. The molecule has 2 saturated carbocycles. The lowest BCUT2D eigenvalue weighted by molar-refractivity contribution is -0.148. The number of rotatable bonds is 10. The summed E-state index contributed by atoms with van der Waals surface area (Å²) in [6, 6.07) is 7.53. The van der Waals surface area contributed by atoms with Crippen LogP contribution in [0.3, 0.4) is 0 Å². The van der Waals surface area contributed by atoms with Gasteiger partial charge in [0.05, 0.1) is 13.0 Å². The number of fused-ring (bicyclic) bond motifs is 1. The van der Waals surface area contributed by atoms with E-state index in [2.05, 4.69) is 23.8 Å². The van der Waals surface area contributed by atoms with Gasteiger partial charge in [-0.25, -0.2) is 9.59 Å². The highest BCUT2D eigenvalue weighted by Crippen LogP contribution is 2.63. The average molecular weight is 456 g/mol. The average Bonchev–Trinajstić information content (AvgIpc) is 3.46. The number of carbonyl (C=O) groups is 4. The first-order chi connectivity index (χ1) is 15.9. The Morgan fingerprint density at radius 3 is 2.42 bits per heavy atom. The van der Waals surface area contributed by atoms with E-state index < -0.39 is 47.4 Å². The van der Waals surface area contributed by atoms with E-state index in [-0.39, 0.29) is 25.6 Å². The SMILES string of the molecule is C=CCOC(=O)N[C@@]1(C(=O)NC(C(=O)OC)c2ccccc2)CC[C@H]2[C@H](C(=O)OCC=C)[C@H]21. The topological polar surface area (TPSA) is 120 Å². The summed E-state index contributed by atoms with van der Waals surface area (Å²) in [6.45, 7) is 7.04. The normalized spacial score (nSPS) is 25.5. The molecule has 2 N–H and O–H groups in total. The van der Waals surface area contributed by atoms with Crippen molar-refractivity contribution < 1.29 is 33.4 Å². The molecule has 9 heteroatoms. The number of hydrogen-bond acceptors (Lipinski definition) is 7. The maximum absolute atomic E-state index is 13.6. The number of nitrogens with one attached hydrogen (secondary N) is 2. The number of esters is 2. The molecular formula is C24H28N2O7. The van der Waals surface area contributed by atoms with E-state index in [0.717, 1.165) is 0 Å². The lowest BCUT2D eigenvalue weighted by Gasteiger charge is -2.33. The largest absolute Gasteiger partial charge is 0.467 e. The summed E-state index contributed by atoms with van der Waals surface area (Å²) in [5.74, 6) is -2.86. The third-order valence-corrected chi connectivity index (χ3v) is 6.13. The van der Waals surface area contributed by atoms with Crippen molar-refractivity contribution in [2.75, 3.05) is 20.3 Å². The van der Waals surface area contributed by atoms with Gasteiger partial charge in [-0.05, 0) is 24.3 Å². The first-order valence-electron chi connectivity index (χ1n) is 10.7. The summed E-state index contributed by atoms with van der Waals surface area (Å²) in [4.78, 5) is 51.0. The molecular weight excluding hydrogens is 428 g/mol. The Bertz CT molecular complexity index is 932. The highest BCUT2D eigenvalue weighted by molar-refractivity contribution is 5.96. The van der Waals surface area contributed by atoms with Gasteiger partial charge in [-0.1, -0.05) is 55.6 Å². The summed E-state index contributed by atoms with van der Waals surface area (Å²) in [7, 11) is 1.23. The van der Waals surface area contributed by atoms with E-state index in [4.69, 9.17) is 14.2 Å². The van der Waals surface area contributed by atoms with Crippen molar-refractivity contribution in [3.63, 3.8) is 0 Å². The minimum absolute atomic E-state index is 0.0444. The van der Waals surface area contributed by atoms with E-state index in [1.54, 1.807) is 30.3 Å². The first kappa shape index (κ1) is 24.0. The summed E-state index contributed by atoms with van der Waals surface area (Å²) in [6.07, 6.45) is 2.86. The molecule has 3 rings (SSSR count). The standard InChI is InChI=1S/C24H28N2O7/c1-4-13-32-20(27)17-16-11-12-24(18(16)17,26-23(30)33-14-5-2)22(29)25-19(21(28)31-3)15-9-7-6-8-10-15/h4-10,16-19H,1-2,11-14H2,3H3,(H,25,29)(H,26,30)/t16-,17-,18-,19?,24-/m0/s1. The van der Waals surface area contributed by atoms with Crippen molar-refractivity contribution in [3.05, 3.63) is 61.2 Å². The predicted molar refractivity (Wildman–Crippen MR) is 118 cm³/mol. The van der Waals surface area contributed by atoms with Crippen LogP contribution >= 0.6 is 0 Å². The third-order valence-electron chi connectivity index (χ3n) is 6.13. The molecule has 2 fully saturated rings. The van der Waals surface area contributed by atoms with Crippen molar-refractivity contribution in [2.45, 2.75) is 24.4 Å². The van der Waals surface area contributed by atoms with Crippen LogP contribution in [0.15, 0.2) is 55.6 Å². The van der Waals surface area contributed by atoms with E-state index in [0.29, 0.717) is 12.0 Å². The van der Waals surface area contributed by atoms with Crippen LogP contribution in [-0.2, 0) is 28.6 Å². The van der Waals surface area contributed by atoms with Crippen LogP contribution in [0.1, 0.15) is 24.4 Å². The Labute approximate surface area is 192 Å². The fraction of sp³-hybridized carbons (Fsp3) is 0.417. The predicted octanol–water partition coefficient (Wildman–Crippen LogP) is 2.05. The minimum atomic E-state index is -1.44. The zero-order chi connectivity index (χ0) is 24.0. The van der Waals surface area contributed by atoms with Gasteiger partial charge in [0.2, 0.25) is 5.91 Å². The second-order valence-corrected chi connectivity index (χ2v) is 8.00. The Morgan fingerprint density at radius 2 is 1.79 bits per heavy atom. The van der Waals surface area contributed by atoms with Crippen LogP contribution in [-0.4, -0.2) is 49.8 Å². The number of benzene rings is 1. The molecule has 5 atom stereocenters. The zero-order valence-electron chi connectivity index (χ0n) is 18.5. The van der Waals surface area contributed by atoms with Crippen molar-refractivity contribution >= 4 is 23.9 Å². The Hall–Kier alpha value is -3.62. The molecule has 0 aromatic heterocycles. The molecule has 0 aliphatic heterocycles. The molecule has 0 saturated heterocycles. The molecule has 9 nitrogen and oxygen atoms in total. The van der Waals surface area contributed by atoms with Gasteiger partial charge < -0.3 is 24.8 Å². The lowest BCUT2D eigenvalue weighted by Crippen LogP contribution is -2.61. The third kappa shape index (κ3) is 4.92. The van der Waals surface area contributed by atoms with Gasteiger partial charge in [0, 0.05) is 5.92 Å². The maximum Gasteiger partial charge on any atom is 0.408 e. The molecule has 0 bridgehead atoms. The van der Waals surface area contributed by atoms with E-state index in [1.165, 1.54) is 19.3 Å². The van der Waals surface area contributed by atoms with Crippen LogP contribution in [0.5, 0.6) is 0 Å². The molecule has 176 valence electrons. The molecule has 1 aromatic rings. The number of methoxy groups -OCH3 is 1. The van der Waals surface area contributed by atoms with Gasteiger partial charge in [0.1, 0.15) is 18.8 Å². The molecule has 33 heavy (non-hydrogen) atoms. The first-order valence-corrected chi connectivity index (χ1v) is 10.7. The Morgan fingerprint density at radius 1 is 1.12 bits per heavy atom. The second-order valence-electron chi connectivity index (χ2n) is 8.00. The van der Waals surface area contributed by atoms with E-state index in [1.807, 2.05) is 0 Å². The molecule has 2 aliphatic rings. The molecule has 1 unspecified atom stereocenters. The summed E-state index contributed by atoms with van der Waals surface area (Å²) in [5.41, 5.74) is -0.920. The van der Waals surface area contributed by atoms with Gasteiger partial charge >= 0.3 is 18.0 Å². The van der Waals surface area contributed by atoms with Gasteiger partial charge in [-0.3, -0.25) is 9.59 Å². The van der Waals surface area contributed by atoms with Crippen LogP contribution in [0.25, 0.3) is 0 Å². The van der Waals surface area contributed by atoms with Crippen molar-refractivity contribution in [2.24, 2.45) is 17.8 Å². The number of amides is 2. The quantitative estimate of drug-likeness (QED) is 0.314. The smallest absolute Gasteiger partial charge is 0.408 e. The number of alkyl carbamates (subject to hydrolysis) is 1. The van der Waals surface area contributed by atoms with E-state index >= 15 is 0 Å². The Kier molecular flexibility index (Phi) is 7.52. The lowest BCUT2D eigenvalue weighted by atomic mass is 9.88. The fourth-order valence-electron chi connectivity index (χ4n) is 4.65. The molecule has 2 amide bonds. The number of carbonyl (C=O) groups excluding carboxylic acids is 4. The zero-order valence-corrected chi connectivity index (χ0v) is 18.5. The van der Waals surface area contributed by atoms with Crippen LogP contribution in [0, 0.1) is 17.8 Å². The number of hydrogen-bond donors (Lipinski definition) is 2. The maximum atomic E-state index is 13.6. The monoisotopic (exact) mass is 456 g/mol. The molecule has 0 heterocycles. The van der Waals surface area contributed by atoms with Gasteiger partial charge in [-0.2, -0.15) is 0 Å². The highest BCUT2D eigenvalue weighted by Gasteiger charge is 2.72. The van der Waals surface area contributed by atoms with Crippen molar-refractivity contribution in [3.8, 4) is 0 Å².